The first-order valence-electron chi connectivity index (χ1n) is 15.4. The normalized spacial score (nSPS) is 11.7. The zero-order chi connectivity index (χ0) is 38.4. The van der Waals surface area contributed by atoms with E-state index in [1.807, 2.05) is 6.07 Å². The lowest BCUT2D eigenvalue weighted by Crippen LogP contribution is -2.24. The van der Waals surface area contributed by atoms with Gasteiger partial charge in [0, 0.05) is 5.69 Å². The third-order valence-electron chi connectivity index (χ3n) is 8.09. The molecule has 15 heteroatoms. The molecule has 0 atom stereocenters. The number of anilines is 2. The van der Waals surface area contributed by atoms with Crippen LogP contribution in [0.1, 0.15) is 37.4 Å². The van der Waals surface area contributed by atoms with Crippen LogP contribution in [0.2, 0.25) is 30.1 Å². The fourth-order valence-electron chi connectivity index (χ4n) is 5.63. The van der Waals surface area contributed by atoms with Crippen molar-refractivity contribution in [1.82, 2.24) is 0 Å². The van der Waals surface area contributed by atoms with Gasteiger partial charge in [0.2, 0.25) is 11.6 Å². The van der Waals surface area contributed by atoms with E-state index in [4.69, 9.17) is 83.8 Å². The molecule has 0 bridgehead atoms. The van der Waals surface area contributed by atoms with Crippen molar-refractivity contribution in [3.05, 3.63) is 149 Å². The van der Waals surface area contributed by atoms with Crippen LogP contribution < -0.4 is 19.5 Å². The lowest BCUT2D eigenvalue weighted by molar-refractivity contribution is 0.0969. The van der Waals surface area contributed by atoms with E-state index in [0.29, 0.717) is 11.3 Å². The molecule has 268 valence electrons. The van der Waals surface area contributed by atoms with Gasteiger partial charge in [-0.25, -0.2) is 0 Å². The topological polar surface area (TPSA) is 138 Å². The highest BCUT2D eigenvalue weighted by molar-refractivity contribution is 6.39. The number of hydrogen-bond acceptors (Lipinski definition) is 9. The van der Waals surface area contributed by atoms with E-state index in [1.165, 1.54) is 48.5 Å². The molecule has 6 aromatic carbocycles. The first-order valence-corrected chi connectivity index (χ1v) is 17.7. The molecular formula is C39H18Cl6N2O7. The molecule has 0 saturated carbocycles. The number of carbonyl (C=O) groups is 2. The maximum absolute atomic E-state index is 14.8. The minimum atomic E-state index is -0.999. The zero-order valence-corrected chi connectivity index (χ0v) is 31.3. The Balaban J connectivity index is 1.67. The molecule has 0 aliphatic heterocycles. The molecule has 0 fully saturated rings. The number of hydrogen-bond donors (Lipinski definition) is 3. The van der Waals surface area contributed by atoms with Crippen LogP contribution >= 0.6 is 69.6 Å². The van der Waals surface area contributed by atoms with Crippen LogP contribution in [0, 0.1) is 11.3 Å². The summed E-state index contributed by atoms with van der Waals surface area (Å²) < 4.78 is 19.3. The summed E-state index contributed by atoms with van der Waals surface area (Å²) in [6.07, 6.45) is 0. The molecule has 1 aliphatic carbocycles. The number of nitrogens with one attached hydrogen (secondary N) is 1. The molecule has 1 aliphatic rings. The van der Waals surface area contributed by atoms with Gasteiger partial charge in [-0.15, -0.1) is 0 Å². The maximum Gasteiger partial charge on any atom is 0.202 e. The summed E-state index contributed by atoms with van der Waals surface area (Å²) in [6, 6.07) is 23.9. The van der Waals surface area contributed by atoms with Gasteiger partial charge >= 0.3 is 0 Å². The van der Waals surface area contributed by atoms with Crippen LogP contribution in [0.4, 0.5) is 11.4 Å². The molecular weight excluding hydrogens is 821 g/mol. The quantitative estimate of drug-likeness (QED) is 0.128. The number of phenolic OH excluding ortho intramolecular Hbond substituents is 2. The number of benzene rings is 6. The molecule has 7 rings (SSSR count). The van der Waals surface area contributed by atoms with Crippen LogP contribution in [-0.2, 0) is 0 Å². The number of para-hydroxylation sites is 3. The summed E-state index contributed by atoms with van der Waals surface area (Å²) in [5.41, 5.74) is -1.60. The van der Waals surface area contributed by atoms with Gasteiger partial charge in [-0.2, -0.15) is 5.26 Å². The van der Waals surface area contributed by atoms with E-state index < -0.39 is 56.8 Å². The number of carbonyl (C=O) groups excluding carboxylic acids is 2. The number of halogens is 6. The molecule has 0 unspecified atom stereocenters. The van der Waals surface area contributed by atoms with Gasteiger partial charge in [0.05, 0.1) is 64.0 Å². The van der Waals surface area contributed by atoms with E-state index in [-0.39, 0.29) is 58.8 Å². The number of fused-ring (bicyclic) bond motifs is 2. The number of nitrogens with zero attached hydrogens (tertiary/aromatic N) is 1. The minimum absolute atomic E-state index is 0.00164. The zero-order valence-electron chi connectivity index (χ0n) is 26.8. The second-order valence-corrected chi connectivity index (χ2v) is 13.8. The largest absolute Gasteiger partial charge is 0.507 e. The third kappa shape index (κ3) is 6.58. The van der Waals surface area contributed by atoms with Crippen LogP contribution in [0.15, 0.2) is 91.0 Å². The predicted octanol–water partition coefficient (Wildman–Crippen LogP) is 12.8. The van der Waals surface area contributed by atoms with Crippen molar-refractivity contribution in [2.45, 2.75) is 0 Å². The number of rotatable bonds is 8. The van der Waals surface area contributed by atoms with Gasteiger partial charge in [-0.3, -0.25) is 9.59 Å². The number of ketones is 2. The second kappa shape index (κ2) is 14.8. The molecule has 0 radical (unpaired) electrons. The Bertz CT molecular complexity index is 2550. The Morgan fingerprint density at radius 2 is 0.852 bits per heavy atom. The molecule has 0 amide bonds. The van der Waals surface area contributed by atoms with Crippen molar-refractivity contribution in [1.29, 1.82) is 5.26 Å². The van der Waals surface area contributed by atoms with Crippen molar-refractivity contribution in [2.75, 3.05) is 5.32 Å². The number of ether oxygens (including phenoxy) is 3. The van der Waals surface area contributed by atoms with Crippen molar-refractivity contribution >= 4 is 92.5 Å². The SMILES string of the molecule is N#Cc1ccc(Nc2c(Oc3c(Cl)cccc3Cl)c(Oc3c(Cl)cccc3Cl)c3c(c2Oc2c(Cl)cccc2Cl)C(=O)c2c(O)ccc(O)c2C3=O)cc1. The lowest BCUT2D eigenvalue weighted by Gasteiger charge is -2.29. The highest BCUT2D eigenvalue weighted by Gasteiger charge is 2.44. The van der Waals surface area contributed by atoms with Crippen molar-refractivity contribution in [3.8, 4) is 52.1 Å². The Labute approximate surface area is 336 Å². The first-order chi connectivity index (χ1) is 25.9. The average Bonchev–Trinajstić information content (AvgIpc) is 3.14. The van der Waals surface area contributed by atoms with Crippen LogP contribution in [0.3, 0.4) is 0 Å². The summed E-state index contributed by atoms with van der Waals surface area (Å²) in [5.74, 6) is -4.84. The highest BCUT2D eigenvalue weighted by Crippen LogP contribution is 2.58. The summed E-state index contributed by atoms with van der Waals surface area (Å²) in [4.78, 5) is 29.6. The smallest absolute Gasteiger partial charge is 0.202 e. The molecule has 0 spiro atoms. The van der Waals surface area contributed by atoms with E-state index >= 15 is 0 Å². The van der Waals surface area contributed by atoms with Crippen molar-refractivity contribution in [3.63, 3.8) is 0 Å². The monoisotopic (exact) mass is 836 g/mol. The summed E-state index contributed by atoms with van der Waals surface area (Å²) >= 11 is 39.5. The predicted molar refractivity (Wildman–Crippen MR) is 207 cm³/mol. The lowest BCUT2D eigenvalue weighted by atomic mass is 9.81. The fourth-order valence-corrected chi connectivity index (χ4v) is 7.06. The Kier molecular flexibility index (Phi) is 10.2. The van der Waals surface area contributed by atoms with Crippen molar-refractivity contribution < 1.29 is 34.0 Å². The average molecular weight is 839 g/mol. The maximum atomic E-state index is 14.8. The summed E-state index contributed by atoms with van der Waals surface area (Å²) in [6.45, 7) is 0. The summed E-state index contributed by atoms with van der Waals surface area (Å²) in [5, 5.41) is 34.6. The molecule has 0 aromatic heterocycles. The van der Waals surface area contributed by atoms with Crippen LogP contribution in [0.5, 0.6) is 46.0 Å². The van der Waals surface area contributed by atoms with E-state index in [0.717, 1.165) is 12.1 Å². The first kappa shape index (κ1) is 37.0. The Morgan fingerprint density at radius 3 is 1.26 bits per heavy atom. The van der Waals surface area contributed by atoms with E-state index in [1.54, 1.807) is 30.3 Å². The molecule has 0 saturated heterocycles. The molecule has 9 nitrogen and oxygen atoms in total. The highest BCUT2D eigenvalue weighted by atomic mass is 35.5. The minimum Gasteiger partial charge on any atom is -0.507 e. The molecule has 0 heterocycles. The van der Waals surface area contributed by atoms with Gasteiger partial charge < -0.3 is 29.7 Å². The summed E-state index contributed by atoms with van der Waals surface area (Å²) in [7, 11) is 0. The van der Waals surface area contributed by atoms with E-state index in [2.05, 4.69) is 5.32 Å². The van der Waals surface area contributed by atoms with Gasteiger partial charge in [0.1, 0.15) is 17.2 Å². The number of nitriles is 1. The van der Waals surface area contributed by atoms with Crippen LogP contribution in [0.25, 0.3) is 0 Å². The Hall–Kier alpha value is -5.31. The standard InChI is InChI=1S/C39H18Cl6N2O7/c40-19-4-1-5-20(41)34(19)52-37-29-30(33(51)28-26(49)15-14-25(48)27(28)32(29)50)38(53-35-21(42)6-2-7-22(35)43)39(54-36-23(44)8-3-9-24(36)45)31(37)47-18-12-10-17(16-46)11-13-18/h1-15,47-49H. The fraction of sp³-hybridized carbons (Fsp3) is 0. The number of phenols is 2. The Morgan fingerprint density at radius 1 is 0.481 bits per heavy atom. The van der Waals surface area contributed by atoms with Crippen molar-refractivity contribution in [2.24, 2.45) is 0 Å². The van der Waals surface area contributed by atoms with Crippen LogP contribution in [-0.4, -0.2) is 21.8 Å². The molecule has 6 aromatic rings. The second-order valence-electron chi connectivity index (χ2n) is 11.4. The van der Waals surface area contributed by atoms with Gasteiger partial charge in [-0.05, 0) is 72.8 Å². The van der Waals surface area contributed by atoms with Gasteiger partial charge in [0.15, 0.2) is 34.5 Å². The molecule has 54 heavy (non-hydrogen) atoms. The van der Waals surface area contributed by atoms with Gasteiger partial charge in [0.25, 0.3) is 0 Å². The third-order valence-corrected chi connectivity index (χ3v) is 9.87. The number of aromatic hydroxyl groups is 2. The van der Waals surface area contributed by atoms with E-state index in [9.17, 15) is 25.1 Å². The molecule has 3 N–H and O–H groups in total. The van der Waals surface area contributed by atoms with Gasteiger partial charge in [-0.1, -0.05) is 87.8 Å².